The van der Waals surface area contributed by atoms with Crippen LogP contribution in [-0.4, -0.2) is 0 Å². The van der Waals surface area contributed by atoms with Crippen molar-refractivity contribution in [3.05, 3.63) is 0 Å². The molecule has 1 saturated carbocycles. The molecule has 1 fully saturated rings. The van der Waals surface area contributed by atoms with E-state index in [1.54, 1.807) is 0 Å². The monoisotopic (exact) mass is 252 g/mol. The van der Waals surface area contributed by atoms with Crippen molar-refractivity contribution >= 4 is 0 Å². The second kappa shape index (κ2) is 8.99. The van der Waals surface area contributed by atoms with Gasteiger partial charge in [-0.25, -0.2) is 0 Å². The van der Waals surface area contributed by atoms with Crippen LogP contribution in [0, 0.1) is 23.7 Å². The third-order valence-electron chi connectivity index (χ3n) is 5.52. The van der Waals surface area contributed by atoms with Crippen molar-refractivity contribution in [1.29, 1.82) is 0 Å². The highest BCUT2D eigenvalue weighted by Crippen LogP contribution is 2.37. The summed E-state index contributed by atoms with van der Waals surface area (Å²) in [6.07, 6.45) is 14.6. The van der Waals surface area contributed by atoms with Crippen molar-refractivity contribution in [2.45, 2.75) is 91.9 Å². The Bertz CT molecular complexity index is 188. The van der Waals surface area contributed by atoms with Gasteiger partial charge in [0.15, 0.2) is 0 Å². The maximum Gasteiger partial charge on any atom is -0.0388 e. The summed E-state index contributed by atoms with van der Waals surface area (Å²) in [6, 6.07) is 0. The fraction of sp³-hybridized carbons (Fsp3) is 1.00. The van der Waals surface area contributed by atoms with Crippen molar-refractivity contribution in [3.8, 4) is 0 Å². The molecule has 2 atom stereocenters. The lowest BCUT2D eigenvalue weighted by Crippen LogP contribution is -2.21. The second-order valence-corrected chi connectivity index (χ2v) is 6.82. The quantitative estimate of drug-likeness (QED) is 0.466. The third-order valence-corrected chi connectivity index (χ3v) is 5.52. The average molecular weight is 252 g/mol. The minimum Gasteiger partial charge on any atom is -0.0654 e. The lowest BCUT2D eigenvalue weighted by molar-refractivity contribution is 0.183. The molecule has 0 amide bonds. The molecule has 0 aromatic heterocycles. The number of hydrogen-bond donors (Lipinski definition) is 0. The molecule has 0 aromatic carbocycles. The average Bonchev–Trinajstić information content (AvgIpc) is 2.43. The van der Waals surface area contributed by atoms with Crippen LogP contribution in [0.4, 0.5) is 0 Å². The first-order chi connectivity index (χ1) is 8.71. The zero-order chi connectivity index (χ0) is 13.4. The molecule has 1 rings (SSSR count). The van der Waals surface area contributed by atoms with Crippen LogP contribution >= 0.6 is 0 Å². The summed E-state index contributed by atoms with van der Waals surface area (Å²) in [6.45, 7) is 9.61. The summed E-state index contributed by atoms with van der Waals surface area (Å²) in [4.78, 5) is 0. The van der Waals surface area contributed by atoms with Gasteiger partial charge in [-0.3, -0.25) is 0 Å². The summed E-state index contributed by atoms with van der Waals surface area (Å²) in [7, 11) is 0. The molecule has 108 valence electrons. The summed E-state index contributed by atoms with van der Waals surface area (Å²) >= 11 is 0. The summed E-state index contributed by atoms with van der Waals surface area (Å²) in [5, 5.41) is 0. The van der Waals surface area contributed by atoms with Crippen molar-refractivity contribution in [1.82, 2.24) is 0 Å². The predicted octanol–water partition coefficient (Wildman–Crippen LogP) is 6.45. The topological polar surface area (TPSA) is 0 Å². The molecule has 2 unspecified atom stereocenters. The molecule has 0 aliphatic heterocycles. The van der Waals surface area contributed by atoms with Gasteiger partial charge in [0.25, 0.3) is 0 Å². The van der Waals surface area contributed by atoms with Crippen LogP contribution in [0.25, 0.3) is 0 Å². The normalized spacial score (nSPS) is 28.0. The Balaban J connectivity index is 2.28. The van der Waals surface area contributed by atoms with Gasteiger partial charge in [0.1, 0.15) is 0 Å². The fourth-order valence-corrected chi connectivity index (χ4v) is 3.87. The van der Waals surface area contributed by atoms with Crippen LogP contribution in [0.1, 0.15) is 91.9 Å². The standard InChI is InChI=1S/C18H36/c1-5-8-9-17(7-3)14-15(4)18-12-10-16(6-2)11-13-18/h15-18H,5-14H2,1-4H3. The molecule has 0 spiro atoms. The second-order valence-electron chi connectivity index (χ2n) is 6.82. The molecule has 1 aliphatic carbocycles. The molecule has 0 bridgehead atoms. The van der Waals surface area contributed by atoms with E-state index in [9.17, 15) is 0 Å². The molecule has 0 radical (unpaired) electrons. The van der Waals surface area contributed by atoms with Crippen molar-refractivity contribution in [2.24, 2.45) is 23.7 Å². The van der Waals surface area contributed by atoms with Gasteiger partial charge < -0.3 is 0 Å². The molecule has 18 heavy (non-hydrogen) atoms. The SMILES string of the molecule is CCCCC(CC)CC(C)C1CCC(CC)CC1. The number of unbranched alkanes of at least 4 members (excludes halogenated alkanes) is 1. The Morgan fingerprint density at radius 2 is 1.67 bits per heavy atom. The smallest absolute Gasteiger partial charge is 0.0388 e. The first-order valence-electron chi connectivity index (χ1n) is 8.71. The van der Waals surface area contributed by atoms with Gasteiger partial charge in [0, 0.05) is 0 Å². The van der Waals surface area contributed by atoms with E-state index in [4.69, 9.17) is 0 Å². The van der Waals surface area contributed by atoms with Gasteiger partial charge in [-0.2, -0.15) is 0 Å². The van der Waals surface area contributed by atoms with Crippen LogP contribution in [0.2, 0.25) is 0 Å². The van der Waals surface area contributed by atoms with Crippen molar-refractivity contribution in [2.75, 3.05) is 0 Å². The van der Waals surface area contributed by atoms with Crippen LogP contribution in [0.3, 0.4) is 0 Å². The highest BCUT2D eigenvalue weighted by atomic mass is 14.3. The summed E-state index contributed by atoms with van der Waals surface area (Å²) < 4.78 is 0. The maximum atomic E-state index is 2.53. The van der Waals surface area contributed by atoms with Crippen LogP contribution in [0.5, 0.6) is 0 Å². The first kappa shape index (κ1) is 16.1. The van der Waals surface area contributed by atoms with Gasteiger partial charge in [-0.05, 0) is 42.9 Å². The van der Waals surface area contributed by atoms with E-state index in [2.05, 4.69) is 27.7 Å². The largest absolute Gasteiger partial charge is 0.0654 e. The van der Waals surface area contributed by atoms with Gasteiger partial charge in [-0.1, -0.05) is 72.6 Å². The Morgan fingerprint density at radius 1 is 1.00 bits per heavy atom. The van der Waals surface area contributed by atoms with Gasteiger partial charge >= 0.3 is 0 Å². The molecule has 0 aromatic rings. The predicted molar refractivity (Wildman–Crippen MR) is 82.8 cm³/mol. The first-order valence-corrected chi connectivity index (χ1v) is 8.71. The van der Waals surface area contributed by atoms with Gasteiger partial charge in [0.2, 0.25) is 0 Å². The van der Waals surface area contributed by atoms with Gasteiger partial charge in [-0.15, -0.1) is 0 Å². The van der Waals surface area contributed by atoms with E-state index in [0.717, 1.165) is 23.7 Å². The van der Waals surface area contributed by atoms with E-state index in [0.29, 0.717) is 0 Å². The van der Waals surface area contributed by atoms with Crippen LogP contribution < -0.4 is 0 Å². The third kappa shape index (κ3) is 5.33. The zero-order valence-electron chi connectivity index (χ0n) is 13.4. The molecular weight excluding hydrogens is 216 g/mol. The molecule has 0 heterocycles. The minimum absolute atomic E-state index is 0.976. The minimum atomic E-state index is 0.976. The van der Waals surface area contributed by atoms with E-state index in [-0.39, 0.29) is 0 Å². The van der Waals surface area contributed by atoms with Crippen molar-refractivity contribution in [3.63, 3.8) is 0 Å². The lowest BCUT2D eigenvalue weighted by Gasteiger charge is -2.33. The highest BCUT2D eigenvalue weighted by Gasteiger charge is 2.25. The van der Waals surface area contributed by atoms with E-state index in [1.165, 1.54) is 64.2 Å². The van der Waals surface area contributed by atoms with Gasteiger partial charge in [0.05, 0.1) is 0 Å². The van der Waals surface area contributed by atoms with Crippen LogP contribution in [0.15, 0.2) is 0 Å². The highest BCUT2D eigenvalue weighted by molar-refractivity contribution is 4.77. The Hall–Kier alpha value is 0. The summed E-state index contributed by atoms with van der Waals surface area (Å²) in [5.74, 6) is 4.08. The van der Waals surface area contributed by atoms with E-state index < -0.39 is 0 Å². The molecule has 0 nitrogen and oxygen atoms in total. The van der Waals surface area contributed by atoms with E-state index >= 15 is 0 Å². The Labute approximate surface area is 116 Å². The number of rotatable bonds is 8. The molecule has 0 saturated heterocycles. The van der Waals surface area contributed by atoms with Crippen LogP contribution in [-0.2, 0) is 0 Å². The number of hydrogen-bond acceptors (Lipinski definition) is 0. The summed E-state index contributed by atoms with van der Waals surface area (Å²) in [5.41, 5.74) is 0. The molecule has 0 heteroatoms. The zero-order valence-corrected chi connectivity index (χ0v) is 13.4. The maximum absolute atomic E-state index is 2.53. The lowest BCUT2D eigenvalue weighted by atomic mass is 9.73. The molecule has 0 N–H and O–H groups in total. The molecule has 1 aliphatic rings. The fourth-order valence-electron chi connectivity index (χ4n) is 3.87. The Kier molecular flexibility index (Phi) is 8.02. The molecular formula is C18H36. The van der Waals surface area contributed by atoms with E-state index in [1.807, 2.05) is 0 Å². The Morgan fingerprint density at radius 3 is 2.17 bits per heavy atom. The van der Waals surface area contributed by atoms with Crippen molar-refractivity contribution < 1.29 is 0 Å².